The van der Waals surface area contributed by atoms with Gasteiger partial charge in [0.05, 0.1) is 10.7 Å². The first-order chi connectivity index (χ1) is 8.87. The number of aromatic nitrogens is 1. The number of rotatable bonds is 3. The summed E-state index contributed by atoms with van der Waals surface area (Å²) in [6, 6.07) is 4.21. The second-order valence-electron chi connectivity index (χ2n) is 6.48. The summed E-state index contributed by atoms with van der Waals surface area (Å²) in [5.74, 6) is 0.539. The Hall–Kier alpha value is -0.800. The van der Waals surface area contributed by atoms with Crippen molar-refractivity contribution in [1.82, 2.24) is 9.88 Å². The monoisotopic (exact) mass is 281 g/mol. The van der Waals surface area contributed by atoms with Crippen molar-refractivity contribution in [3.63, 3.8) is 0 Å². The van der Waals surface area contributed by atoms with Crippen molar-refractivity contribution >= 4 is 17.4 Å². The minimum absolute atomic E-state index is 0.504. The molecule has 1 saturated carbocycles. The van der Waals surface area contributed by atoms with Crippen LogP contribution in [0.15, 0.2) is 12.1 Å². The lowest BCUT2D eigenvalue weighted by Gasteiger charge is -2.38. The molecule has 0 amide bonds. The molecule has 0 radical (unpaired) electrons. The van der Waals surface area contributed by atoms with Gasteiger partial charge in [-0.05, 0) is 50.3 Å². The molecule has 1 aliphatic rings. The van der Waals surface area contributed by atoms with Crippen molar-refractivity contribution in [3.05, 3.63) is 22.8 Å². The van der Waals surface area contributed by atoms with Crippen LogP contribution in [0.4, 0.5) is 5.82 Å². The molecule has 0 spiro atoms. The van der Waals surface area contributed by atoms with Gasteiger partial charge in [0.2, 0.25) is 0 Å². The molecule has 4 heteroatoms. The van der Waals surface area contributed by atoms with Crippen LogP contribution in [0.5, 0.6) is 0 Å². The zero-order valence-electron chi connectivity index (χ0n) is 12.1. The van der Waals surface area contributed by atoms with Gasteiger partial charge < -0.3 is 5.73 Å². The van der Waals surface area contributed by atoms with Crippen LogP contribution in [0.2, 0.25) is 5.02 Å². The van der Waals surface area contributed by atoms with Crippen LogP contribution in [-0.2, 0) is 6.54 Å². The van der Waals surface area contributed by atoms with E-state index in [0.29, 0.717) is 22.3 Å². The lowest BCUT2D eigenvalue weighted by atomic mass is 9.75. The maximum atomic E-state index is 6.18. The van der Waals surface area contributed by atoms with Crippen LogP contribution in [0.25, 0.3) is 0 Å². The van der Waals surface area contributed by atoms with Gasteiger partial charge in [0, 0.05) is 12.6 Å². The molecule has 0 atom stereocenters. The molecular formula is C15H24ClN3. The third-order valence-corrected chi connectivity index (χ3v) is 4.62. The number of halogens is 1. The topological polar surface area (TPSA) is 42.2 Å². The number of nitrogen functional groups attached to an aromatic ring is 1. The third kappa shape index (κ3) is 3.83. The Bertz CT molecular complexity index is 435. The normalized spacial score (nSPS) is 19.8. The fourth-order valence-corrected chi connectivity index (χ4v) is 2.97. The molecule has 0 saturated heterocycles. The fourth-order valence-electron chi connectivity index (χ4n) is 2.80. The van der Waals surface area contributed by atoms with E-state index in [2.05, 4.69) is 30.8 Å². The van der Waals surface area contributed by atoms with Gasteiger partial charge in [0.1, 0.15) is 5.82 Å². The molecule has 0 unspecified atom stereocenters. The molecule has 0 aromatic carbocycles. The molecule has 2 rings (SSSR count). The molecule has 19 heavy (non-hydrogen) atoms. The summed E-state index contributed by atoms with van der Waals surface area (Å²) < 4.78 is 0. The van der Waals surface area contributed by atoms with Crippen LogP contribution in [-0.4, -0.2) is 23.0 Å². The highest BCUT2D eigenvalue weighted by Crippen LogP contribution is 2.37. The summed E-state index contributed by atoms with van der Waals surface area (Å²) in [5.41, 5.74) is 7.12. The Labute approximate surface area is 121 Å². The van der Waals surface area contributed by atoms with Crippen molar-refractivity contribution in [3.8, 4) is 0 Å². The van der Waals surface area contributed by atoms with E-state index in [9.17, 15) is 0 Å². The summed E-state index contributed by atoms with van der Waals surface area (Å²) >= 11 is 6.18. The lowest BCUT2D eigenvalue weighted by molar-refractivity contribution is 0.122. The molecule has 1 aromatic rings. The van der Waals surface area contributed by atoms with Gasteiger partial charge >= 0.3 is 0 Å². The smallest absolute Gasteiger partial charge is 0.123 e. The van der Waals surface area contributed by atoms with Gasteiger partial charge in [-0.25, -0.2) is 4.98 Å². The second-order valence-corrected chi connectivity index (χ2v) is 6.88. The molecular weight excluding hydrogens is 258 g/mol. The highest BCUT2D eigenvalue weighted by Gasteiger charge is 2.29. The van der Waals surface area contributed by atoms with Gasteiger partial charge in [0.25, 0.3) is 0 Å². The standard InChI is InChI=1S/C15H24ClN3/c1-15(2)8-6-11(7-9-15)19(3)10-13-12(16)4-5-14(17)18-13/h4-5,11H,6-10H2,1-3H3,(H2,17,18). The van der Waals surface area contributed by atoms with E-state index in [0.717, 1.165) is 12.2 Å². The van der Waals surface area contributed by atoms with E-state index in [4.69, 9.17) is 17.3 Å². The van der Waals surface area contributed by atoms with Crippen LogP contribution in [0, 0.1) is 5.41 Å². The Morgan fingerprint density at radius 2 is 2.00 bits per heavy atom. The molecule has 106 valence electrons. The van der Waals surface area contributed by atoms with Gasteiger partial charge in [-0.3, -0.25) is 4.90 Å². The van der Waals surface area contributed by atoms with Gasteiger partial charge in [-0.2, -0.15) is 0 Å². The summed E-state index contributed by atoms with van der Waals surface area (Å²) in [5, 5.41) is 0.706. The molecule has 0 aliphatic heterocycles. The Balaban J connectivity index is 1.98. The zero-order chi connectivity index (χ0) is 14.0. The number of hydrogen-bond donors (Lipinski definition) is 1. The highest BCUT2D eigenvalue weighted by molar-refractivity contribution is 6.31. The Morgan fingerprint density at radius 1 is 1.37 bits per heavy atom. The van der Waals surface area contributed by atoms with Crippen molar-refractivity contribution in [2.24, 2.45) is 5.41 Å². The van der Waals surface area contributed by atoms with Crippen LogP contribution in [0.1, 0.15) is 45.2 Å². The minimum Gasteiger partial charge on any atom is -0.384 e. The molecule has 1 aromatic heterocycles. The SMILES string of the molecule is CN(Cc1nc(N)ccc1Cl)C1CCC(C)(C)CC1. The molecule has 3 nitrogen and oxygen atoms in total. The maximum absolute atomic E-state index is 6.18. The molecule has 0 bridgehead atoms. The molecule has 2 N–H and O–H groups in total. The van der Waals surface area contributed by atoms with Crippen molar-refractivity contribution < 1.29 is 0 Å². The lowest BCUT2D eigenvalue weighted by Crippen LogP contribution is -2.37. The van der Waals surface area contributed by atoms with E-state index < -0.39 is 0 Å². The molecule has 1 fully saturated rings. The number of nitrogens with two attached hydrogens (primary N) is 1. The summed E-state index contributed by atoms with van der Waals surface area (Å²) in [4.78, 5) is 6.70. The van der Waals surface area contributed by atoms with E-state index in [1.165, 1.54) is 25.7 Å². The minimum atomic E-state index is 0.504. The van der Waals surface area contributed by atoms with Crippen LogP contribution >= 0.6 is 11.6 Å². The average Bonchev–Trinajstić information content (AvgIpc) is 2.33. The summed E-state index contributed by atoms with van der Waals surface area (Å²) in [7, 11) is 2.16. The first-order valence-electron chi connectivity index (χ1n) is 6.98. The summed E-state index contributed by atoms with van der Waals surface area (Å²) in [6.07, 6.45) is 5.09. The first-order valence-corrected chi connectivity index (χ1v) is 7.36. The van der Waals surface area contributed by atoms with Gasteiger partial charge in [-0.15, -0.1) is 0 Å². The highest BCUT2D eigenvalue weighted by atomic mass is 35.5. The largest absolute Gasteiger partial charge is 0.384 e. The third-order valence-electron chi connectivity index (χ3n) is 4.27. The van der Waals surface area contributed by atoms with Crippen molar-refractivity contribution in [2.75, 3.05) is 12.8 Å². The second kappa shape index (κ2) is 5.68. The van der Waals surface area contributed by atoms with Gasteiger partial charge in [0.15, 0.2) is 0 Å². The van der Waals surface area contributed by atoms with Crippen LogP contribution < -0.4 is 5.73 Å². The maximum Gasteiger partial charge on any atom is 0.123 e. The van der Waals surface area contributed by atoms with Crippen molar-refractivity contribution in [2.45, 2.75) is 52.1 Å². The number of anilines is 1. The zero-order valence-corrected chi connectivity index (χ0v) is 12.9. The molecule has 1 aliphatic carbocycles. The average molecular weight is 282 g/mol. The van der Waals surface area contributed by atoms with Gasteiger partial charge in [-0.1, -0.05) is 25.4 Å². The number of hydrogen-bond acceptors (Lipinski definition) is 3. The predicted octanol–water partition coefficient (Wildman–Crippen LogP) is 3.72. The Kier molecular flexibility index (Phi) is 4.36. The van der Waals surface area contributed by atoms with E-state index in [1.807, 2.05) is 6.07 Å². The Morgan fingerprint density at radius 3 is 2.63 bits per heavy atom. The van der Waals surface area contributed by atoms with E-state index in [1.54, 1.807) is 6.07 Å². The summed E-state index contributed by atoms with van der Waals surface area (Å²) in [6.45, 7) is 5.49. The quantitative estimate of drug-likeness (QED) is 0.918. The van der Waals surface area contributed by atoms with Crippen LogP contribution in [0.3, 0.4) is 0 Å². The predicted molar refractivity (Wildman–Crippen MR) is 81.2 cm³/mol. The van der Waals surface area contributed by atoms with E-state index >= 15 is 0 Å². The molecule has 1 heterocycles. The van der Waals surface area contributed by atoms with E-state index in [-0.39, 0.29) is 0 Å². The van der Waals surface area contributed by atoms with Crippen molar-refractivity contribution in [1.29, 1.82) is 0 Å². The first kappa shape index (κ1) is 14.6. The number of pyridine rings is 1. The fraction of sp³-hybridized carbons (Fsp3) is 0.667. The number of nitrogens with zero attached hydrogens (tertiary/aromatic N) is 2.